The molecule has 3 rings (SSSR count). The van der Waals surface area contributed by atoms with E-state index in [2.05, 4.69) is 10.6 Å². The SMILES string of the molecule is Cc1ccccc1NC(=O)C(=O)NCC(O)(c1cccs1)C1CC1. The van der Waals surface area contributed by atoms with Crippen molar-refractivity contribution in [3.63, 3.8) is 0 Å². The van der Waals surface area contributed by atoms with Crippen LogP contribution in [0.4, 0.5) is 5.69 Å². The number of aliphatic hydroxyl groups is 1. The zero-order valence-electron chi connectivity index (χ0n) is 13.4. The third-order valence-electron chi connectivity index (χ3n) is 4.32. The Morgan fingerprint density at radius 2 is 1.96 bits per heavy atom. The lowest BCUT2D eigenvalue weighted by atomic mass is 9.95. The summed E-state index contributed by atoms with van der Waals surface area (Å²) >= 11 is 1.46. The maximum absolute atomic E-state index is 12.1. The zero-order valence-corrected chi connectivity index (χ0v) is 14.2. The van der Waals surface area contributed by atoms with Crippen LogP contribution in [-0.2, 0) is 15.2 Å². The fraction of sp³-hybridized carbons (Fsp3) is 0.333. The van der Waals surface area contributed by atoms with E-state index in [-0.39, 0.29) is 12.5 Å². The van der Waals surface area contributed by atoms with Crippen LogP contribution in [0, 0.1) is 12.8 Å². The third kappa shape index (κ3) is 3.49. The van der Waals surface area contributed by atoms with Crippen molar-refractivity contribution in [3.05, 3.63) is 52.2 Å². The van der Waals surface area contributed by atoms with Crippen molar-refractivity contribution in [2.75, 3.05) is 11.9 Å². The summed E-state index contributed by atoms with van der Waals surface area (Å²) < 4.78 is 0. The van der Waals surface area contributed by atoms with E-state index in [4.69, 9.17) is 0 Å². The van der Waals surface area contributed by atoms with Crippen LogP contribution in [0.25, 0.3) is 0 Å². The van der Waals surface area contributed by atoms with Gasteiger partial charge in [0.2, 0.25) is 0 Å². The average molecular weight is 344 g/mol. The molecule has 0 bridgehead atoms. The molecule has 1 aliphatic rings. The van der Waals surface area contributed by atoms with Crippen LogP contribution in [-0.4, -0.2) is 23.5 Å². The fourth-order valence-corrected chi connectivity index (χ4v) is 3.61. The van der Waals surface area contributed by atoms with Gasteiger partial charge >= 0.3 is 11.8 Å². The summed E-state index contributed by atoms with van der Waals surface area (Å²) in [6.45, 7) is 1.90. The Balaban J connectivity index is 1.62. The van der Waals surface area contributed by atoms with Gasteiger partial charge in [-0.15, -0.1) is 11.3 Å². The Hall–Kier alpha value is -2.18. The maximum Gasteiger partial charge on any atom is 0.313 e. The molecule has 1 atom stereocenters. The number of carbonyl (C=O) groups is 2. The van der Waals surface area contributed by atoms with Crippen molar-refractivity contribution in [1.82, 2.24) is 5.32 Å². The third-order valence-corrected chi connectivity index (χ3v) is 5.36. The molecule has 0 saturated heterocycles. The van der Waals surface area contributed by atoms with Crippen LogP contribution in [0.2, 0.25) is 0 Å². The Morgan fingerprint density at radius 1 is 1.21 bits per heavy atom. The van der Waals surface area contributed by atoms with Gasteiger partial charge in [-0.3, -0.25) is 9.59 Å². The van der Waals surface area contributed by atoms with E-state index < -0.39 is 17.4 Å². The molecule has 3 N–H and O–H groups in total. The molecular formula is C18H20N2O3S. The van der Waals surface area contributed by atoms with E-state index in [1.165, 1.54) is 11.3 Å². The average Bonchev–Trinajstić information content (AvgIpc) is 3.29. The largest absolute Gasteiger partial charge is 0.382 e. The molecule has 24 heavy (non-hydrogen) atoms. The highest BCUT2D eigenvalue weighted by Crippen LogP contribution is 2.46. The Kier molecular flexibility index (Phi) is 4.69. The summed E-state index contributed by atoms with van der Waals surface area (Å²) in [5, 5.41) is 18.0. The number of aryl methyl sites for hydroxylation is 1. The number of amides is 2. The number of para-hydroxylation sites is 1. The molecular weight excluding hydrogens is 324 g/mol. The van der Waals surface area contributed by atoms with Gasteiger partial charge < -0.3 is 15.7 Å². The topological polar surface area (TPSA) is 78.4 Å². The van der Waals surface area contributed by atoms with Crippen LogP contribution < -0.4 is 10.6 Å². The standard InChI is InChI=1S/C18H20N2O3S/c1-12-5-2-3-6-14(12)20-17(22)16(21)19-11-18(23,13-8-9-13)15-7-4-10-24-15/h2-7,10,13,23H,8-9,11H2,1H3,(H,19,21)(H,20,22). The molecule has 1 heterocycles. The minimum atomic E-state index is -1.09. The lowest BCUT2D eigenvalue weighted by Crippen LogP contribution is -2.45. The van der Waals surface area contributed by atoms with Gasteiger partial charge in [-0.2, -0.15) is 0 Å². The van der Waals surface area contributed by atoms with Crippen molar-refractivity contribution >= 4 is 28.8 Å². The number of benzene rings is 1. The first-order chi connectivity index (χ1) is 11.5. The second-order valence-corrected chi connectivity index (χ2v) is 7.08. The molecule has 1 aromatic carbocycles. The molecule has 2 amide bonds. The van der Waals surface area contributed by atoms with Crippen molar-refractivity contribution < 1.29 is 14.7 Å². The maximum atomic E-state index is 12.1. The van der Waals surface area contributed by atoms with Crippen molar-refractivity contribution in [3.8, 4) is 0 Å². The minimum absolute atomic E-state index is 0.0399. The van der Waals surface area contributed by atoms with Gasteiger partial charge in [0.1, 0.15) is 5.60 Å². The Labute approximate surface area is 144 Å². The van der Waals surface area contributed by atoms with E-state index >= 15 is 0 Å². The monoisotopic (exact) mass is 344 g/mol. The number of hydrogen-bond donors (Lipinski definition) is 3. The quantitative estimate of drug-likeness (QED) is 0.729. The lowest BCUT2D eigenvalue weighted by molar-refractivity contribution is -0.137. The first kappa shape index (κ1) is 16.7. The summed E-state index contributed by atoms with van der Waals surface area (Å²) in [5.74, 6) is -1.33. The summed E-state index contributed by atoms with van der Waals surface area (Å²) in [6, 6.07) is 11.0. The predicted molar refractivity (Wildman–Crippen MR) is 93.8 cm³/mol. The van der Waals surface area contributed by atoms with E-state index in [1.807, 2.05) is 36.6 Å². The molecule has 0 aliphatic heterocycles. The molecule has 0 radical (unpaired) electrons. The summed E-state index contributed by atoms with van der Waals surface area (Å²) in [5.41, 5.74) is 0.396. The summed E-state index contributed by atoms with van der Waals surface area (Å²) in [7, 11) is 0. The first-order valence-corrected chi connectivity index (χ1v) is 8.80. The molecule has 0 spiro atoms. The smallest absolute Gasteiger partial charge is 0.313 e. The minimum Gasteiger partial charge on any atom is -0.382 e. The van der Waals surface area contributed by atoms with E-state index in [0.29, 0.717) is 5.69 Å². The zero-order chi connectivity index (χ0) is 17.2. The van der Waals surface area contributed by atoms with Gasteiger partial charge in [-0.05, 0) is 48.8 Å². The van der Waals surface area contributed by atoms with Gasteiger partial charge in [0.05, 0.1) is 6.54 Å². The summed E-state index contributed by atoms with van der Waals surface area (Å²) in [6.07, 6.45) is 1.86. The Bertz CT molecular complexity index is 740. The number of nitrogens with one attached hydrogen (secondary N) is 2. The van der Waals surface area contributed by atoms with Gasteiger partial charge in [-0.25, -0.2) is 0 Å². The number of carbonyl (C=O) groups excluding carboxylic acids is 2. The lowest BCUT2D eigenvalue weighted by Gasteiger charge is -2.27. The molecule has 5 nitrogen and oxygen atoms in total. The van der Waals surface area contributed by atoms with Crippen LogP contribution >= 0.6 is 11.3 Å². The van der Waals surface area contributed by atoms with Gasteiger partial charge in [0, 0.05) is 10.6 Å². The van der Waals surface area contributed by atoms with E-state index in [9.17, 15) is 14.7 Å². The number of anilines is 1. The van der Waals surface area contributed by atoms with Crippen molar-refractivity contribution in [2.24, 2.45) is 5.92 Å². The molecule has 6 heteroatoms. The second kappa shape index (κ2) is 6.75. The first-order valence-electron chi connectivity index (χ1n) is 7.92. The van der Waals surface area contributed by atoms with Crippen molar-refractivity contribution in [2.45, 2.75) is 25.4 Å². The van der Waals surface area contributed by atoms with E-state index in [1.54, 1.807) is 12.1 Å². The molecule has 1 aromatic heterocycles. The van der Waals surface area contributed by atoms with Gasteiger partial charge in [0.15, 0.2) is 0 Å². The van der Waals surface area contributed by atoms with Crippen LogP contribution in [0.3, 0.4) is 0 Å². The normalized spacial score (nSPS) is 16.2. The van der Waals surface area contributed by atoms with Crippen molar-refractivity contribution in [1.29, 1.82) is 0 Å². The number of rotatable bonds is 5. The van der Waals surface area contributed by atoms with Crippen LogP contribution in [0.1, 0.15) is 23.3 Å². The van der Waals surface area contributed by atoms with E-state index in [0.717, 1.165) is 23.3 Å². The highest BCUT2D eigenvalue weighted by atomic mass is 32.1. The predicted octanol–water partition coefficient (Wildman–Crippen LogP) is 2.41. The number of hydrogen-bond acceptors (Lipinski definition) is 4. The molecule has 126 valence electrons. The molecule has 1 fully saturated rings. The van der Waals surface area contributed by atoms with Crippen LogP contribution in [0.15, 0.2) is 41.8 Å². The molecule has 1 aliphatic carbocycles. The van der Waals surface area contributed by atoms with Gasteiger partial charge in [-0.1, -0.05) is 24.3 Å². The fourth-order valence-electron chi connectivity index (χ4n) is 2.71. The molecule has 1 unspecified atom stereocenters. The van der Waals surface area contributed by atoms with Gasteiger partial charge in [0.25, 0.3) is 0 Å². The highest BCUT2D eigenvalue weighted by molar-refractivity contribution is 7.10. The highest BCUT2D eigenvalue weighted by Gasteiger charge is 2.46. The number of thiophene rings is 1. The summed E-state index contributed by atoms with van der Waals surface area (Å²) in [4.78, 5) is 25.0. The molecule has 2 aromatic rings. The Morgan fingerprint density at radius 3 is 2.58 bits per heavy atom. The molecule has 1 saturated carbocycles. The second-order valence-electron chi connectivity index (χ2n) is 6.13. The van der Waals surface area contributed by atoms with Crippen LogP contribution in [0.5, 0.6) is 0 Å².